The maximum atomic E-state index is 10.9. The lowest BCUT2D eigenvalue weighted by Crippen LogP contribution is -1.97. The summed E-state index contributed by atoms with van der Waals surface area (Å²) < 4.78 is 5.46. The molecule has 0 radical (unpaired) electrons. The third-order valence-electron chi connectivity index (χ3n) is 3.26. The summed E-state index contributed by atoms with van der Waals surface area (Å²) in [5.74, 6) is -0.292. The molecule has 1 heterocycles. The zero-order valence-electron chi connectivity index (χ0n) is 11.4. The van der Waals surface area contributed by atoms with Gasteiger partial charge in [-0.3, -0.25) is 5.10 Å². The molecule has 0 unspecified atom stereocenters. The third kappa shape index (κ3) is 2.19. The third-order valence-corrected chi connectivity index (χ3v) is 3.26. The van der Waals surface area contributed by atoms with Crippen LogP contribution in [0.3, 0.4) is 0 Å². The summed E-state index contributed by atoms with van der Waals surface area (Å²) in [5.41, 5.74) is 4.64. The number of hydrogen-bond donors (Lipinski definition) is 2. The van der Waals surface area contributed by atoms with Crippen molar-refractivity contribution in [2.75, 3.05) is 7.11 Å². The number of carboxylic acid groups (broad SMARTS) is 1. The topological polar surface area (TPSA) is 75.2 Å². The second-order valence-electron chi connectivity index (χ2n) is 4.52. The maximum absolute atomic E-state index is 10.9. The number of hydrogen-bond acceptors (Lipinski definition) is 3. The van der Waals surface area contributed by atoms with Crippen LogP contribution in [-0.4, -0.2) is 28.4 Å². The molecular weight excluding hydrogens is 244 g/mol. The highest BCUT2D eigenvalue weighted by Crippen LogP contribution is 2.36. The molecule has 2 N–H and O–H groups in total. The molecular formula is C14H16N2O3. The van der Waals surface area contributed by atoms with E-state index in [-0.39, 0.29) is 5.69 Å². The van der Waals surface area contributed by atoms with E-state index in [0.29, 0.717) is 5.69 Å². The quantitative estimate of drug-likeness (QED) is 0.889. The lowest BCUT2D eigenvalue weighted by molar-refractivity contribution is 0.0690. The minimum atomic E-state index is -1.03. The van der Waals surface area contributed by atoms with E-state index >= 15 is 0 Å². The number of H-pyrrole nitrogens is 1. The molecule has 0 aliphatic rings. The average Bonchev–Trinajstić information content (AvgIpc) is 2.82. The van der Waals surface area contributed by atoms with Gasteiger partial charge in [-0.15, -0.1) is 0 Å². The van der Waals surface area contributed by atoms with Crippen LogP contribution in [0.5, 0.6) is 5.75 Å². The minimum absolute atomic E-state index is 0.0645. The van der Waals surface area contributed by atoms with E-state index in [1.807, 2.05) is 26.8 Å². The Balaban J connectivity index is 2.66. The van der Waals surface area contributed by atoms with Gasteiger partial charge in [-0.2, -0.15) is 5.10 Å². The maximum Gasteiger partial charge on any atom is 0.353 e. The number of aromatic nitrogens is 2. The first-order valence-corrected chi connectivity index (χ1v) is 5.89. The molecule has 0 spiro atoms. The normalized spacial score (nSPS) is 10.5. The van der Waals surface area contributed by atoms with Crippen LogP contribution in [0.25, 0.3) is 11.3 Å². The summed E-state index contributed by atoms with van der Waals surface area (Å²) in [4.78, 5) is 10.9. The number of nitrogens with one attached hydrogen (secondary N) is 1. The Morgan fingerprint density at radius 1 is 1.26 bits per heavy atom. The van der Waals surface area contributed by atoms with Crippen LogP contribution < -0.4 is 4.74 Å². The highest BCUT2D eigenvalue weighted by Gasteiger charge is 2.18. The molecule has 0 saturated carbocycles. The molecule has 0 bridgehead atoms. The van der Waals surface area contributed by atoms with Gasteiger partial charge < -0.3 is 9.84 Å². The van der Waals surface area contributed by atoms with Gasteiger partial charge in [-0.1, -0.05) is 6.07 Å². The minimum Gasteiger partial charge on any atom is -0.496 e. The first-order valence-electron chi connectivity index (χ1n) is 5.89. The molecule has 1 aromatic carbocycles. The van der Waals surface area contributed by atoms with Gasteiger partial charge in [0.2, 0.25) is 0 Å². The predicted octanol–water partition coefficient (Wildman–Crippen LogP) is 2.71. The fourth-order valence-electron chi connectivity index (χ4n) is 2.18. The van der Waals surface area contributed by atoms with Crippen molar-refractivity contribution in [1.29, 1.82) is 0 Å². The summed E-state index contributed by atoms with van der Waals surface area (Å²) in [6.45, 7) is 5.95. The number of rotatable bonds is 3. The predicted molar refractivity (Wildman–Crippen MR) is 71.7 cm³/mol. The van der Waals surface area contributed by atoms with Gasteiger partial charge in [-0.25, -0.2) is 4.79 Å². The van der Waals surface area contributed by atoms with Crippen molar-refractivity contribution in [2.45, 2.75) is 20.8 Å². The number of aryl methyl sites for hydroxylation is 2. The van der Waals surface area contributed by atoms with Crippen LogP contribution in [0.15, 0.2) is 12.1 Å². The van der Waals surface area contributed by atoms with Gasteiger partial charge in [0, 0.05) is 5.56 Å². The summed E-state index contributed by atoms with van der Waals surface area (Å²) in [7, 11) is 1.61. The zero-order valence-corrected chi connectivity index (χ0v) is 11.4. The van der Waals surface area contributed by atoms with Crippen molar-refractivity contribution in [3.05, 3.63) is 34.5 Å². The van der Waals surface area contributed by atoms with Crippen molar-refractivity contribution in [3.63, 3.8) is 0 Å². The van der Waals surface area contributed by atoms with Gasteiger partial charge in [-0.05, 0) is 43.5 Å². The molecule has 0 aliphatic carbocycles. The molecule has 0 aliphatic heterocycles. The van der Waals surface area contributed by atoms with Crippen LogP contribution in [0, 0.1) is 20.8 Å². The summed E-state index contributed by atoms with van der Waals surface area (Å²) in [5, 5.41) is 15.5. The van der Waals surface area contributed by atoms with Gasteiger partial charge in [0.15, 0.2) is 0 Å². The molecule has 0 saturated heterocycles. The Morgan fingerprint density at radius 2 is 1.95 bits per heavy atom. The lowest BCUT2D eigenvalue weighted by Gasteiger charge is -2.15. The molecule has 5 heteroatoms. The smallest absolute Gasteiger partial charge is 0.353 e. The van der Waals surface area contributed by atoms with E-state index in [0.717, 1.165) is 28.0 Å². The van der Waals surface area contributed by atoms with E-state index < -0.39 is 5.97 Å². The Kier molecular flexibility index (Phi) is 3.29. The molecule has 2 aromatic rings. The highest BCUT2D eigenvalue weighted by molar-refractivity contribution is 5.87. The first-order chi connectivity index (χ1) is 8.95. The summed E-state index contributed by atoms with van der Waals surface area (Å²) in [6, 6.07) is 3.56. The molecule has 100 valence electrons. The second kappa shape index (κ2) is 4.76. The Hall–Kier alpha value is -2.30. The van der Waals surface area contributed by atoms with E-state index in [2.05, 4.69) is 10.2 Å². The lowest BCUT2D eigenvalue weighted by atomic mass is 9.97. The average molecular weight is 260 g/mol. The number of aromatic amines is 1. The number of aromatic carboxylic acids is 1. The van der Waals surface area contributed by atoms with Gasteiger partial charge in [0.1, 0.15) is 11.4 Å². The van der Waals surface area contributed by atoms with Crippen molar-refractivity contribution >= 4 is 5.97 Å². The van der Waals surface area contributed by atoms with Crippen LogP contribution in [0.2, 0.25) is 0 Å². The number of carboxylic acids is 1. The van der Waals surface area contributed by atoms with Crippen molar-refractivity contribution in [1.82, 2.24) is 10.2 Å². The van der Waals surface area contributed by atoms with Crippen molar-refractivity contribution in [2.24, 2.45) is 0 Å². The molecule has 0 atom stereocenters. The molecule has 5 nitrogen and oxygen atoms in total. The summed E-state index contributed by atoms with van der Waals surface area (Å²) >= 11 is 0. The number of nitrogens with zero attached hydrogens (tertiary/aromatic N) is 1. The largest absolute Gasteiger partial charge is 0.496 e. The van der Waals surface area contributed by atoms with Crippen molar-refractivity contribution in [3.8, 4) is 17.0 Å². The number of benzene rings is 1. The van der Waals surface area contributed by atoms with Crippen LogP contribution >= 0.6 is 0 Å². The summed E-state index contributed by atoms with van der Waals surface area (Å²) in [6.07, 6.45) is 0. The Labute approximate surface area is 111 Å². The van der Waals surface area contributed by atoms with Gasteiger partial charge in [0.05, 0.1) is 12.8 Å². The van der Waals surface area contributed by atoms with Gasteiger partial charge >= 0.3 is 5.97 Å². The standard InChI is InChI=1S/C14H16N2O3/c1-7-5-8(2)12(13(19-4)9(7)3)10-6-11(14(17)18)16-15-10/h5-6H,1-4H3,(H,15,16)(H,17,18). The molecule has 1 aromatic heterocycles. The first kappa shape index (κ1) is 13.1. The molecule has 0 amide bonds. The van der Waals surface area contributed by atoms with E-state index in [1.165, 1.54) is 6.07 Å². The zero-order chi connectivity index (χ0) is 14.2. The van der Waals surface area contributed by atoms with Gasteiger partial charge in [0.25, 0.3) is 0 Å². The van der Waals surface area contributed by atoms with Crippen LogP contribution in [0.4, 0.5) is 0 Å². The molecule has 2 rings (SSSR count). The van der Waals surface area contributed by atoms with Crippen LogP contribution in [-0.2, 0) is 0 Å². The highest BCUT2D eigenvalue weighted by atomic mass is 16.5. The Morgan fingerprint density at radius 3 is 2.47 bits per heavy atom. The molecule has 0 fully saturated rings. The number of carbonyl (C=O) groups is 1. The molecule has 19 heavy (non-hydrogen) atoms. The monoisotopic (exact) mass is 260 g/mol. The fourth-order valence-corrected chi connectivity index (χ4v) is 2.18. The van der Waals surface area contributed by atoms with E-state index in [4.69, 9.17) is 9.84 Å². The SMILES string of the molecule is COc1c(C)c(C)cc(C)c1-c1cc(C(=O)O)[nH]n1. The number of methoxy groups -OCH3 is 1. The number of ether oxygens (including phenoxy) is 1. The fraction of sp³-hybridized carbons (Fsp3) is 0.286. The van der Waals surface area contributed by atoms with E-state index in [1.54, 1.807) is 7.11 Å². The second-order valence-corrected chi connectivity index (χ2v) is 4.52. The van der Waals surface area contributed by atoms with Crippen molar-refractivity contribution < 1.29 is 14.6 Å². The Bertz CT molecular complexity index is 644. The van der Waals surface area contributed by atoms with E-state index in [9.17, 15) is 4.79 Å². The van der Waals surface area contributed by atoms with Crippen LogP contribution in [0.1, 0.15) is 27.2 Å².